The van der Waals surface area contributed by atoms with Gasteiger partial charge in [-0.1, -0.05) is 53.9 Å². The highest BCUT2D eigenvalue weighted by Crippen LogP contribution is 2.39. The summed E-state index contributed by atoms with van der Waals surface area (Å²) in [5.74, 6) is -0.694. The number of esters is 1. The second kappa shape index (κ2) is 10.6. The number of hydrogen-bond acceptors (Lipinski definition) is 5. The van der Waals surface area contributed by atoms with Crippen LogP contribution in [-0.2, 0) is 17.6 Å². The predicted molar refractivity (Wildman–Crippen MR) is 147 cm³/mol. The highest BCUT2D eigenvalue weighted by atomic mass is 35.5. The van der Waals surface area contributed by atoms with Gasteiger partial charge in [-0.2, -0.15) is 0 Å². The summed E-state index contributed by atoms with van der Waals surface area (Å²) in [6, 6.07) is 14.5. The van der Waals surface area contributed by atoms with Crippen molar-refractivity contribution in [1.82, 2.24) is 4.98 Å². The minimum atomic E-state index is -0.386. The maximum Gasteiger partial charge on any atom is 0.341 e. The van der Waals surface area contributed by atoms with Crippen LogP contribution >= 0.6 is 34.5 Å². The second-order valence-corrected chi connectivity index (χ2v) is 10.6. The highest BCUT2D eigenvalue weighted by Gasteiger charge is 2.27. The SMILES string of the molecule is CCOC(=O)c1c(NC(=O)c2cc(-c3ccc(Cl)c(Cl)c3)nc3ccccc23)sc2c1CCCCC2. The summed E-state index contributed by atoms with van der Waals surface area (Å²) in [6.07, 6.45) is 4.94. The van der Waals surface area contributed by atoms with E-state index in [2.05, 4.69) is 5.32 Å². The molecule has 5 nitrogen and oxygen atoms in total. The maximum atomic E-state index is 13.7. The van der Waals surface area contributed by atoms with Gasteiger partial charge >= 0.3 is 5.97 Å². The van der Waals surface area contributed by atoms with E-state index >= 15 is 0 Å². The van der Waals surface area contributed by atoms with Crippen LogP contribution < -0.4 is 5.32 Å². The molecule has 2 heterocycles. The molecular weight excluding hydrogens is 515 g/mol. The lowest BCUT2D eigenvalue weighted by atomic mass is 10.0. The van der Waals surface area contributed by atoms with E-state index in [1.807, 2.05) is 30.3 Å². The van der Waals surface area contributed by atoms with Gasteiger partial charge in [-0.25, -0.2) is 9.78 Å². The monoisotopic (exact) mass is 538 g/mol. The molecule has 0 fully saturated rings. The van der Waals surface area contributed by atoms with Crippen LogP contribution in [0.5, 0.6) is 0 Å². The normalized spacial score (nSPS) is 13.2. The van der Waals surface area contributed by atoms with Crippen molar-refractivity contribution in [1.29, 1.82) is 0 Å². The lowest BCUT2D eigenvalue weighted by Gasteiger charge is -2.12. The molecule has 8 heteroatoms. The molecule has 184 valence electrons. The molecular formula is C28H24Cl2N2O3S. The van der Waals surface area contributed by atoms with Crippen LogP contribution in [0.2, 0.25) is 10.0 Å². The van der Waals surface area contributed by atoms with Gasteiger partial charge in [-0.05, 0) is 62.4 Å². The molecule has 5 rings (SSSR count). The summed E-state index contributed by atoms with van der Waals surface area (Å²) in [4.78, 5) is 32.6. The number of benzene rings is 2. The van der Waals surface area contributed by atoms with Crippen molar-refractivity contribution >= 4 is 62.3 Å². The average molecular weight is 539 g/mol. The molecule has 0 aliphatic heterocycles. The van der Waals surface area contributed by atoms with Crippen LogP contribution in [0, 0.1) is 0 Å². The molecule has 2 aromatic heterocycles. The third-order valence-corrected chi connectivity index (χ3v) is 8.25. The minimum absolute atomic E-state index is 0.277. The van der Waals surface area contributed by atoms with Gasteiger partial charge in [-0.3, -0.25) is 4.79 Å². The van der Waals surface area contributed by atoms with Gasteiger partial charge in [0.1, 0.15) is 5.00 Å². The number of ether oxygens (including phenoxy) is 1. The summed E-state index contributed by atoms with van der Waals surface area (Å²) in [5, 5.41) is 5.16. The molecule has 0 atom stereocenters. The number of carbonyl (C=O) groups excluding carboxylic acids is 2. The third kappa shape index (κ3) is 4.85. The van der Waals surface area contributed by atoms with Crippen LogP contribution in [0.15, 0.2) is 48.5 Å². The fraction of sp³-hybridized carbons (Fsp3) is 0.250. The van der Waals surface area contributed by atoms with E-state index in [0.717, 1.165) is 53.5 Å². The molecule has 4 aromatic rings. The number of amides is 1. The number of aromatic nitrogens is 1. The van der Waals surface area contributed by atoms with Crippen LogP contribution in [0.3, 0.4) is 0 Å². The Morgan fingerprint density at radius 1 is 1.03 bits per heavy atom. The van der Waals surface area contributed by atoms with Crippen molar-refractivity contribution in [2.75, 3.05) is 11.9 Å². The Kier molecular flexibility index (Phi) is 7.28. The van der Waals surface area contributed by atoms with Crippen molar-refractivity contribution in [2.45, 2.75) is 39.0 Å². The molecule has 2 aromatic carbocycles. The Balaban J connectivity index is 1.58. The number of anilines is 1. The number of carbonyl (C=O) groups is 2. The van der Waals surface area contributed by atoms with Gasteiger partial charge in [0, 0.05) is 15.8 Å². The number of rotatable bonds is 5. The summed E-state index contributed by atoms with van der Waals surface area (Å²) in [7, 11) is 0. The van der Waals surface area contributed by atoms with Crippen molar-refractivity contribution in [3.8, 4) is 11.3 Å². The van der Waals surface area contributed by atoms with Crippen molar-refractivity contribution in [3.05, 3.63) is 80.1 Å². The Bertz CT molecular complexity index is 1480. The fourth-order valence-corrected chi connectivity index (χ4v) is 6.16. The molecule has 1 amide bonds. The molecule has 1 N–H and O–H groups in total. The van der Waals surface area contributed by atoms with Gasteiger partial charge in [0.2, 0.25) is 0 Å². The number of aryl methyl sites for hydroxylation is 1. The smallest absolute Gasteiger partial charge is 0.341 e. The van der Waals surface area contributed by atoms with Crippen molar-refractivity contribution in [3.63, 3.8) is 0 Å². The number of halogens is 2. The van der Waals surface area contributed by atoms with E-state index in [4.69, 9.17) is 32.9 Å². The number of thiophene rings is 1. The maximum absolute atomic E-state index is 13.7. The zero-order chi connectivity index (χ0) is 25.2. The summed E-state index contributed by atoms with van der Waals surface area (Å²) >= 11 is 13.8. The van der Waals surface area contributed by atoms with Gasteiger partial charge in [-0.15, -0.1) is 11.3 Å². The Morgan fingerprint density at radius 2 is 1.83 bits per heavy atom. The van der Waals surface area contributed by atoms with Gasteiger partial charge in [0.25, 0.3) is 5.91 Å². The predicted octanol–water partition coefficient (Wildman–Crippen LogP) is 7.97. The standard InChI is InChI=1S/C28H24Cl2N2O3S/c1-2-35-28(34)25-18-9-4-3-5-11-24(18)36-27(25)32-26(33)19-15-23(16-12-13-20(29)21(30)14-16)31-22-10-7-6-8-17(19)22/h6-8,10,12-15H,2-5,9,11H2,1H3,(H,32,33). The van der Waals surface area contributed by atoms with Crippen molar-refractivity contribution in [2.24, 2.45) is 0 Å². The minimum Gasteiger partial charge on any atom is -0.462 e. The average Bonchev–Trinajstić information content (AvgIpc) is 3.05. The van der Waals surface area contributed by atoms with E-state index in [-0.39, 0.29) is 18.5 Å². The first-order valence-corrected chi connectivity index (χ1v) is 13.5. The molecule has 0 spiro atoms. The Hall–Kier alpha value is -2.93. The first-order chi connectivity index (χ1) is 17.5. The molecule has 0 bridgehead atoms. The number of hydrogen-bond donors (Lipinski definition) is 1. The molecule has 0 saturated carbocycles. The summed E-state index contributed by atoms with van der Waals surface area (Å²) < 4.78 is 5.37. The summed E-state index contributed by atoms with van der Waals surface area (Å²) in [6.45, 7) is 2.06. The first-order valence-electron chi connectivity index (χ1n) is 11.9. The van der Waals surface area contributed by atoms with Gasteiger partial charge in [0.15, 0.2) is 0 Å². The molecule has 0 saturated heterocycles. The third-order valence-electron chi connectivity index (χ3n) is 6.30. The van der Waals surface area contributed by atoms with Crippen LogP contribution in [0.25, 0.3) is 22.2 Å². The van der Waals surface area contributed by atoms with Crippen molar-refractivity contribution < 1.29 is 14.3 Å². The topological polar surface area (TPSA) is 68.3 Å². The lowest BCUT2D eigenvalue weighted by Crippen LogP contribution is -2.16. The number of nitrogens with zero attached hydrogens (tertiary/aromatic N) is 1. The quantitative estimate of drug-likeness (QED) is 0.206. The van der Waals surface area contributed by atoms with Crippen LogP contribution in [0.4, 0.5) is 5.00 Å². The molecule has 1 aliphatic rings. The number of fused-ring (bicyclic) bond motifs is 2. The second-order valence-electron chi connectivity index (χ2n) is 8.64. The van der Waals surface area contributed by atoms with E-state index in [1.54, 1.807) is 25.1 Å². The van der Waals surface area contributed by atoms with E-state index in [9.17, 15) is 9.59 Å². The van der Waals surface area contributed by atoms with Crippen LogP contribution in [0.1, 0.15) is 57.3 Å². The highest BCUT2D eigenvalue weighted by molar-refractivity contribution is 7.17. The lowest BCUT2D eigenvalue weighted by molar-refractivity contribution is 0.0527. The number of nitrogens with one attached hydrogen (secondary N) is 1. The number of pyridine rings is 1. The zero-order valence-corrected chi connectivity index (χ0v) is 22.0. The molecule has 0 unspecified atom stereocenters. The van der Waals surface area contributed by atoms with Gasteiger partial charge in [0.05, 0.1) is 39.0 Å². The molecule has 0 radical (unpaired) electrons. The summed E-state index contributed by atoms with van der Waals surface area (Å²) in [5.41, 5.74) is 4.00. The number of para-hydroxylation sites is 1. The van der Waals surface area contributed by atoms with E-state index in [1.165, 1.54) is 11.3 Å². The Labute approximate surface area is 223 Å². The van der Waals surface area contributed by atoms with E-state index < -0.39 is 0 Å². The van der Waals surface area contributed by atoms with Crippen LogP contribution in [-0.4, -0.2) is 23.5 Å². The Morgan fingerprint density at radius 3 is 2.64 bits per heavy atom. The van der Waals surface area contributed by atoms with Gasteiger partial charge < -0.3 is 10.1 Å². The largest absolute Gasteiger partial charge is 0.462 e. The fourth-order valence-electron chi connectivity index (χ4n) is 4.59. The van der Waals surface area contributed by atoms with E-state index in [0.29, 0.717) is 37.4 Å². The first kappa shape index (κ1) is 24.8. The molecule has 1 aliphatic carbocycles. The zero-order valence-electron chi connectivity index (χ0n) is 19.7. The molecule has 36 heavy (non-hydrogen) atoms.